The summed E-state index contributed by atoms with van der Waals surface area (Å²) in [6, 6.07) is 9.21. The molecule has 0 saturated carbocycles. The van der Waals surface area contributed by atoms with Gasteiger partial charge in [-0.25, -0.2) is 4.68 Å². The predicted octanol–water partition coefficient (Wildman–Crippen LogP) is 0.507. The second-order valence-corrected chi connectivity index (χ2v) is 5.27. The Kier molecular flexibility index (Phi) is 4.90. The van der Waals surface area contributed by atoms with Crippen molar-refractivity contribution in [2.45, 2.75) is 25.8 Å². The molecule has 0 fully saturated rings. The summed E-state index contributed by atoms with van der Waals surface area (Å²) in [7, 11) is 0. The molecular weight excluding hydrogens is 310 g/mol. The lowest BCUT2D eigenvalue weighted by Gasteiger charge is -2.16. The number of hydrogen-bond acceptors (Lipinski definition) is 7. The molecule has 3 rings (SSSR count). The molecule has 0 spiro atoms. The Morgan fingerprint density at radius 3 is 2.83 bits per heavy atom. The second kappa shape index (κ2) is 7.44. The second-order valence-electron chi connectivity index (χ2n) is 5.27. The van der Waals surface area contributed by atoms with Crippen molar-refractivity contribution >= 4 is 5.91 Å². The average Bonchev–Trinajstić information content (AvgIpc) is 3.25. The Balaban J connectivity index is 1.63. The molecule has 0 aliphatic carbocycles. The molecule has 0 saturated heterocycles. The van der Waals surface area contributed by atoms with Gasteiger partial charge in [-0.3, -0.25) is 4.79 Å². The SMILES string of the molecule is Cc1nc(CCNC(=O)[C@H](Cc2ccccc2)n2cnnn2)no1. The molecule has 1 N–H and O–H groups in total. The maximum absolute atomic E-state index is 12.5. The van der Waals surface area contributed by atoms with Crippen LogP contribution >= 0.6 is 0 Å². The number of benzene rings is 1. The first-order valence-corrected chi connectivity index (χ1v) is 7.55. The maximum Gasteiger partial charge on any atom is 0.245 e. The number of aromatic nitrogens is 6. The van der Waals surface area contributed by atoms with Gasteiger partial charge >= 0.3 is 0 Å². The van der Waals surface area contributed by atoms with Crippen molar-refractivity contribution in [1.82, 2.24) is 35.7 Å². The van der Waals surface area contributed by atoms with E-state index in [1.807, 2.05) is 30.3 Å². The first-order chi connectivity index (χ1) is 11.7. The number of carbonyl (C=O) groups is 1. The van der Waals surface area contributed by atoms with Crippen LogP contribution in [0.2, 0.25) is 0 Å². The molecule has 1 amide bonds. The molecule has 2 heterocycles. The van der Waals surface area contributed by atoms with E-state index in [-0.39, 0.29) is 5.91 Å². The molecule has 0 aliphatic rings. The van der Waals surface area contributed by atoms with Gasteiger partial charge in [0.1, 0.15) is 12.4 Å². The molecule has 0 bridgehead atoms. The minimum absolute atomic E-state index is 0.161. The Hall–Kier alpha value is -3.10. The van der Waals surface area contributed by atoms with Crippen LogP contribution in [0.15, 0.2) is 41.2 Å². The maximum atomic E-state index is 12.5. The smallest absolute Gasteiger partial charge is 0.245 e. The molecule has 124 valence electrons. The zero-order chi connectivity index (χ0) is 16.8. The minimum Gasteiger partial charge on any atom is -0.354 e. The minimum atomic E-state index is -0.519. The van der Waals surface area contributed by atoms with E-state index in [2.05, 4.69) is 31.0 Å². The standard InChI is InChI=1S/C15H17N7O2/c1-11-18-14(19-24-11)7-8-16-15(23)13(22-10-17-20-21-22)9-12-5-3-2-4-6-12/h2-6,10,13H,7-9H2,1H3,(H,16,23)/t13-/m0/s1. The van der Waals surface area contributed by atoms with Crippen LogP contribution in [0, 0.1) is 6.92 Å². The normalized spacial score (nSPS) is 12.0. The van der Waals surface area contributed by atoms with Gasteiger partial charge in [0.2, 0.25) is 11.8 Å². The van der Waals surface area contributed by atoms with E-state index in [9.17, 15) is 4.79 Å². The fourth-order valence-electron chi connectivity index (χ4n) is 2.31. The number of aryl methyl sites for hydroxylation is 1. The number of nitrogens with one attached hydrogen (secondary N) is 1. The number of rotatable bonds is 7. The van der Waals surface area contributed by atoms with Gasteiger partial charge in [-0.1, -0.05) is 35.5 Å². The fraction of sp³-hybridized carbons (Fsp3) is 0.333. The van der Waals surface area contributed by atoms with E-state index in [1.165, 1.54) is 11.0 Å². The highest BCUT2D eigenvalue weighted by atomic mass is 16.5. The molecule has 9 heteroatoms. The monoisotopic (exact) mass is 327 g/mol. The largest absolute Gasteiger partial charge is 0.354 e. The third kappa shape index (κ3) is 4.00. The van der Waals surface area contributed by atoms with Crippen LogP contribution < -0.4 is 5.32 Å². The van der Waals surface area contributed by atoms with Gasteiger partial charge in [-0.05, 0) is 16.0 Å². The molecule has 2 aromatic heterocycles. The van der Waals surface area contributed by atoms with E-state index in [4.69, 9.17) is 4.52 Å². The highest BCUT2D eigenvalue weighted by Crippen LogP contribution is 2.13. The van der Waals surface area contributed by atoms with E-state index >= 15 is 0 Å². The van der Waals surface area contributed by atoms with Gasteiger partial charge < -0.3 is 9.84 Å². The lowest BCUT2D eigenvalue weighted by Crippen LogP contribution is -2.35. The van der Waals surface area contributed by atoms with Gasteiger partial charge in [0.25, 0.3) is 0 Å². The molecular formula is C15H17N7O2. The van der Waals surface area contributed by atoms with Crippen molar-refractivity contribution in [3.63, 3.8) is 0 Å². The summed E-state index contributed by atoms with van der Waals surface area (Å²) < 4.78 is 6.36. The van der Waals surface area contributed by atoms with E-state index in [0.717, 1.165) is 5.56 Å². The molecule has 3 aromatic rings. The highest BCUT2D eigenvalue weighted by Gasteiger charge is 2.22. The third-order valence-corrected chi connectivity index (χ3v) is 3.48. The molecule has 0 radical (unpaired) electrons. The first kappa shape index (κ1) is 15.8. The number of hydrogen-bond donors (Lipinski definition) is 1. The van der Waals surface area contributed by atoms with Crippen molar-refractivity contribution in [1.29, 1.82) is 0 Å². The van der Waals surface area contributed by atoms with Crippen molar-refractivity contribution in [2.24, 2.45) is 0 Å². The Morgan fingerprint density at radius 2 is 2.17 bits per heavy atom. The number of tetrazole rings is 1. The predicted molar refractivity (Wildman–Crippen MR) is 82.7 cm³/mol. The Bertz CT molecular complexity index is 770. The molecule has 0 aliphatic heterocycles. The van der Waals surface area contributed by atoms with E-state index in [0.29, 0.717) is 31.1 Å². The average molecular weight is 327 g/mol. The summed E-state index contributed by atoms with van der Waals surface area (Å²) in [5.74, 6) is 0.910. The topological polar surface area (TPSA) is 112 Å². The lowest BCUT2D eigenvalue weighted by molar-refractivity contribution is -0.124. The molecule has 0 unspecified atom stereocenters. The zero-order valence-corrected chi connectivity index (χ0v) is 13.2. The van der Waals surface area contributed by atoms with Gasteiger partial charge in [-0.15, -0.1) is 5.10 Å². The number of nitrogens with zero attached hydrogens (tertiary/aromatic N) is 6. The first-order valence-electron chi connectivity index (χ1n) is 7.55. The van der Waals surface area contributed by atoms with E-state index in [1.54, 1.807) is 6.92 Å². The van der Waals surface area contributed by atoms with Crippen LogP contribution in [-0.4, -0.2) is 42.8 Å². The number of carbonyl (C=O) groups excluding carboxylic acids is 1. The van der Waals surface area contributed by atoms with Crippen LogP contribution in [-0.2, 0) is 17.6 Å². The summed E-state index contributed by atoms with van der Waals surface area (Å²) >= 11 is 0. The summed E-state index contributed by atoms with van der Waals surface area (Å²) in [5, 5.41) is 17.8. The van der Waals surface area contributed by atoms with Crippen molar-refractivity contribution in [3.05, 3.63) is 53.9 Å². The number of amides is 1. The van der Waals surface area contributed by atoms with Crippen LogP contribution in [0.25, 0.3) is 0 Å². The van der Waals surface area contributed by atoms with Crippen LogP contribution in [0.4, 0.5) is 0 Å². The van der Waals surface area contributed by atoms with Gasteiger partial charge in [0.15, 0.2) is 5.82 Å². The van der Waals surface area contributed by atoms with Crippen LogP contribution in [0.1, 0.15) is 23.3 Å². The molecule has 1 aromatic carbocycles. The van der Waals surface area contributed by atoms with Crippen LogP contribution in [0.5, 0.6) is 0 Å². The van der Waals surface area contributed by atoms with E-state index < -0.39 is 6.04 Å². The summed E-state index contributed by atoms with van der Waals surface area (Å²) in [6.07, 6.45) is 2.44. The van der Waals surface area contributed by atoms with Gasteiger partial charge in [0, 0.05) is 26.3 Å². The Morgan fingerprint density at radius 1 is 1.33 bits per heavy atom. The summed E-state index contributed by atoms with van der Waals surface area (Å²) in [5.41, 5.74) is 1.03. The Labute approximate surface area is 138 Å². The van der Waals surface area contributed by atoms with Crippen LogP contribution in [0.3, 0.4) is 0 Å². The quantitative estimate of drug-likeness (QED) is 0.672. The van der Waals surface area contributed by atoms with Gasteiger partial charge in [-0.2, -0.15) is 4.98 Å². The molecule has 24 heavy (non-hydrogen) atoms. The van der Waals surface area contributed by atoms with Crippen molar-refractivity contribution in [3.8, 4) is 0 Å². The van der Waals surface area contributed by atoms with Crippen molar-refractivity contribution < 1.29 is 9.32 Å². The molecule has 1 atom stereocenters. The fourth-order valence-corrected chi connectivity index (χ4v) is 2.31. The summed E-state index contributed by atoms with van der Waals surface area (Å²) in [6.45, 7) is 2.13. The zero-order valence-electron chi connectivity index (χ0n) is 13.2. The summed E-state index contributed by atoms with van der Waals surface area (Å²) in [4.78, 5) is 16.7. The van der Waals surface area contributed by atoms with Gasteiger partial charge in [0.05, 0.1) is 0 Å². The highest BCUT2D eigenvalue weighted by molar-refractivity contribution is 5.80. The third-order valence-electron chi connectivity index (χ3n) is 3.48. The molecule has 9 nitrogen and oxygen atoms in total. The van der Waals surface area contributed by atoms with Crippen molar-refractivity contribution in [2.75, 3.05) is 6.54 Å². The lowest BCUT2D eigenvalue weighted by atomic mass is 10.1.